The van der Waals surface area contributed by atoms with Crippen molar-refractivity contribution in [2.24, 2.45) is 0 Å². The highest BCUT2D eigenvalue weighted by molar-refractivity contribution is 5.87. The van der Waals surface area contributed by atoms with E-state index in [4.69, 9.17) is 4.74 Å². The molecule has 1 aromatic rings. The number of nitrogens with zero attached hydrogens (tertiary/aromatic N) is 3. The van der Waals surface area contributed by atoms with E-state index in [2.05, 4.69) is 10.4 Å². The summed E-state index contributed by atoms with van der Waals surface area (Å²) in [6.45, 7) is 6.93. The van der Waals surface area contributed by atoms with Crippen molar-refractivity contribution in [3.8, 4) is 0 Å². The van der Waals surface area contributed by atoms with Crippen molar-refractivity contribution in [3.63, 3.8) is 0 Å². The van der Waals surface area contributed by atoms with Gasteiger partial charge >= 0.3 is 0 Å². The summed E-state index contributed by atoms with van der Waals surface area (Å²) in [5.41, 5.74) is 0. The van der Waals surface area contributed by atoms with E-state index in [-0.39, 0.29) is 30.6 Å². The van der Waals surface area contributed by atoms with E-state index in [0.717, 1.165) is 12.8 Å². The summed E-state index contributed by atoms with van der Waals surface area (Å²) in [5.74, 6) is 0.421. The molecule has 7 nitrogen and oxygen atoms in total. The summed E-state index contributed by atoms with van der Waals surface area (Å²) in [4.78, 5) is 24.9. The normalized spacial score (nSPS) is 19.2. The van der Waals surface area contributed by atoms with Crippen LogP contribution in [-0.2, 0) is 14.3 Å². The maximum Gasteiger partial charge on any atom is 0.248 e. The molecule has 0 unspecified atom stereocenters. The van der Waals surface area contributed by atoms with Crippen LogP contribution in [0.1, 0.15) is 39.7 Å². The standard InChI is InChI=1S/C15H24N4O3/c1-4-11(2)22-10-15(21)18-7-5-13(9-18)19-8-6-14(17-19)16-12(3)20/h6,8,11,13H,4-5,7,9-10H2,1-3H3,(H,16,17,20)/t11-,13+/m1/s1. The number of rotatable bonds is 6. The van der Waals surface area contributed by atoms with Gasteiger partial charge in [-0.15, -0.1) is 0 Å². The quantitative estimate of drug-likeness (QED) is 0.862. The summed E-state index contributed by atoms with van der Waals surface area (Å²) in [6, 6.07) is 1.91. The predicted molar refractivity (Wildman–Crippen MR) is 82.5 cm³/mol. The highest BCUT2D eigenvalue weighted by atomic mass is 16.5. The van der Waals surface area contributed by atoms with Crippen LogP contribution in [-0.4, -0.2) is 52.3 Å². The summed E-state index contributed by atoms with van der Waals surface area (Å²) >= 11 is 0. The molecule has 0 aliphatic carbocycles. The molecule has 1 fully saturated rings. The summed E-state index contributed by atoms with van der Waals surface area (Å²) in [6.07, 6.45) is 3.69. The summed E-state index contributed by atoms with van der Waals surface area (Å²) < 4.78 is 7.31. The fourth-order valence-corrected chi connectivity index (χ4v) is 2.40. The fraction of sp³-hybridized carbons (Fsp3) is 0.667. The first-order chi connectivity index (χ1) is 10.5. The molecule has 1 aliphatic rings. The van der Waals surface area contributed by atoms with Crippen LogP contribution in [0.25, 0.3) is 0 Å². The number of carbonyl (C=O) groups is 2. The van der Waals surface area contributed by atoms with Crippen LogP contribution in [0.3, 0.4) is 0 Å². The van der Waals surface area contributed by atoms with Gasteiger partial charge in [0.05, 0.1) is 12.1 Å². The zero-order valence-corrected chi connectivity index (χ0v) is 13.4. The highest BCUT2D eigenvalue weighted by Crippen LogP contribution is 2.22. The van der Waals surface area contributed by atoms with Crippen molar-refractivity contribution in [1.29, 1.82) is 0 Å². The monoisotopic (exact) mass is 308 g/mol. The SMILES string of the molecule is CC[C@@H](C)OCC(=O)N1CC[C@H](n2ccc(NC(C)=O)n2)C1. The van der Waals surface area contributed by atoms with Gasteiger partial charge in [-0.3, -0.25) is 14.3 Å². The van der Waals surface area contributed by atoms with Crippen LogP contribution >= 0.6 is 0 Å². The molecule has 1 N–H and O–H groups in total. The molecule has 1 aromatic heterocycles. The lowest BCUT2D eigenvalue weighted by Crippen LogP contribution is -2.33. The lowest BCUT2D eigenvalue weighted by Gasteiger charge is -2.18. The third-order valence-corrected chi connectivity index (χ3v) is 3.87. The Hall–Kier alpha value is -1.89. The first-order valence-corrected chi connectivity index (χ1v) is 7.71. The molecular weight excluding hydrogens is 284 g/mol. The van der Waals surface area contributed by atoms with E-state index < -0.39 is 0 Å². The largest absolute Gasteiger partial charge is 0.369 e. The molecule has 0 spiro atoms. The van der Waals surface area contributed by atoms with E-state index in [1.165, 1.54) is 6.92 Å². The van der Waals surface area contributed by atoms with E-state index in [9.17, 15) is 9.59 Å². The van der Waals surface area contributed by atoms with Crippen LogP contribution < -0.4 is 5.32 Å². The average molecular weight is 308 g/mol. The number of aromatic nitrogens is 2. The smallest absolute Gasteiger partial charge is 0.248 e. The van der Waals surface area contributed by atoms with Gasteiger partial charge in [0, 0.05) is 32.3 Å². The molecule has 0 bridgehead atoms. The molecule has 2 heterocycles. The fourth-order valence-electron chi connectivity index (χ4n) is 2.40. The van der Waals surface area contributed by atoms with Gasteiger partial charge in [0.1, 0.15) is 6.61 Å². The van der Waals surface area contributed by atoms with Crippen LogP contribution in [0.5, 0.6) is 0 Å². The second-order valence-electron chi connectivity index (χ2n) is 5.67. The topological polar surface area (TPSA) is 76.5 Å². The van der Waals surface area contributed by atoms with Crippen LogP contribution in [0.15, 0.2) is 12.3 Å². The van der Waals surface area contributed by atoms with Crippen LogP contribution in [0, 0.1) is 0 Å². The number of carbonyl (C=O) groups excluding carboxylic acids is 2. The molecule has 0 aromatic carbocycles. The third kappa shape index (κ3) is 4.30. The molecule has 22 heavy (non-hydrogen) atoms. The highest BCUT2D eigenvalue weighted by Gasteiger charge is 2.28. The van der Waals surface area contributed by atoms with Crippen molar-refractivity contribution < 1.29 is 14.3 Å². The van der Waals surface area contributed by atoms with Gasteiger partial charge in [-0.05, 0) is 19.8 Å². The summed E-state index contributed by atoms with van der Waals surface area (Å²) in [7, 11) is 0. The van der Waals surface area contributed by atoms with E-state index in [1.54, 1.807) is 6.07 Å². The molecule has 122 valence electrons. The Labute approximate surface area is 130 Å². The Morgan fingerprint density at radius 1 is 1.55 bits per heavy atom. The van der Waals surface area contributed by atoms with Crippen molar-refractivity contribution in [2.45, 2.75) is 45.8 Å². The van der Waals surface area contributed by atoms with Crippen molar-refractivity contribution in [3.05, 3.63) is 12.3 Å². The Bertz CT molecular complexity index is 529. The second kappa shape index (κ2) is 7.40. The maximum atomic E-state index is 12.1. The summed E-state index contributed by atoms with van der Waals surface area (Å²) in [5, 5.41) is 6.98. The molecule has 2 rings (SSSR count). The Morgan fingerprint density at radius 3 is 3.00 bits per heavy atom. The van der Waals surface area contributed by atoms with Gasteiger partial charge < -0.3 is 15.0 Å². The average Bonchev–Trinajstić information content (AvgIpc) is 3.12. The number of nitrogens with one attached hydrogen (secondary N) is 1. The van der Waals surface area contributed by atoms with Crippen LogP contribution in [0.4, 0.5) is 5.82 Å². The Morgan fingerprint density at radius 2 is 2.32 bits per heavy atom. The van der Waals surface area contributed by atoms with Crippen LogP contribution in [0.2, 0.25) is 0 Å². The molecule has 7 heteroatoms. The zero-order valence-electron chi connectivity index (χ0n) is 13.4. The molecule has 1 saturated heterocycles. The van der Waals surface area contributed by atoms with E-state index in [1.807, 2.05) is 29.6 Å². The molecule has 0 radical (unpaired) electrons. The lowest BCUT2D eigenvalue weighted by molar-refractivity contribution is -0.137. The molecule has 1 aliphatic heterocycles. The minimum absolute atomic E-state index is 0.0250. The van der Waals surface area contributed by atoms with E-state index >= 15 is 0 Å². The van der Waals surface area contributed by atoms with Crippen molar-refractivity contribution in [1.82, 2.24) is 14.7 Å². The number of anilines is 1. The number of ether oxygens (including phenoxy) is 1. The number of amides is 2. The van der Waals surface area contributed by atoms with Gasteiger partial charge in [-0.2, -0.15) is 5.10 Å². The van der Waals surface area contributed by atoms with Gasteiger partial charge in [-0.25, -0.2) is 0 Å². The molecule has 2 atom stereocenters. The van der Waals surface area contributed by atoms with Crippen molar-refractivity contribution >= 4 is 17.6 Å². The number of likely N-dealkylation sites (tertiary alicyclic amines) is 1. The van der Waals surface area contributed by atoms with Gasteiger partial charge in [-0.1, -0.05) is 6.92 Å². The maximum absolute atomic E-state index is 12.1. The third-order valence-electron chi connectivity index (χ3n) is 3.87. The molecule has 2 amide bonds. The zero-order chi connectivity index (χ0) is 16.1. The molecule has 0 saturated carbocycles. The lowest BCUT2D eigenvalue weighted by atomic mass is 10.3. The van der Waals surface area contributed by atoms with Gasteiger partial charge in [0.25, 0.3) is 0 Å². The number of hydrogen-bond acceptors (Lipinski definition) is 4. The van der Waals surface area contributed by atoms with Gasteiger partial charge in [0.2, 0.25) is 11.8 Å². The Balaban J connectivity index is 1.85. The predicted octanol–water partition coefficient (Wildman–Crippen LogP) is 1.43. The van der Waals surface area contributed by atoms with Gasteiger partial charge in [0.15, 0.2) is 5.82 Å². The van der Waals surface area contributed by atoms with E-state index in [0.29, 0.717) is 18.9 Å². The molecular formula is C15H24N4O3. The second-order valence-corrected chi connectivity index (χ2v) is 5.67. The first-order valence-electron chi connectivity index (χ1n) is 7.71. The first kappa shape index (κ1) is 16.5. The minimum Gasteiger partial charge on any atom is -0.369 e. The Kier molecular flexibility index (Phi) is 5.54. The number of hydrogen-bond donors (Lipinski definition) is 1. The van der Waals surface area contributed by atoms with Crippen molar-refractivity contribution in [2.75, 3.05) is 25.0 Å². The minimum atomic E-state index is -0.143.